The van der Waals surface area contributed by atoms with E-state index in [2.05, 4.69) is 20.5 Å². The van der Waals surface area contributed by atoms with Gasteiger partial charge in [0.1, 0.15) is 6.54 Å². The third kappa shape index (κ3) is 2.20. The minimum absolute atomic E-state index is 0.133. The Morgan fingerprint density at radius 3 is 3.05 bits per heavy atom. The monoisotopic (exact) mass is 261 g/mol. The Bertz CT molecular complexity index is 699. The predicted molar refractivity (Wildman–Crippen MR) is 58.1 cm³/mol. The maximum absolute atomic E-state index is 10.6. The van der Waals surface area contributed by atoms with Crippen LogP contribution in [0.25, 0.3) is 11.6 Å². The summed E-state index contributed by atoms with van der Waals surface area (Å²) in [5, 5.41) is 19.6. The van der Waals surface area contributed by atoms with Gasteiger partial charge in [0.25, 0.3) is 0 Å². The molecule has 0 saturated heterocycles. The minimum Gasteiger partial charge on any atom is -0.476 e. The van der Waals surface area contributed by atoms with Crippen LogP contribution in [0.3, 0.4) is 0 Å². The maximum atomic E-state index is 10.6. The van der Waals surface area contributed by atoms with E-state index >= 15 is 0 Å². The molecular formula is C10H7N5O4. The van der Waals surface area contributed by atoms with Crippen LogP contribution in [-0.4, -0.2) is 36.2 Å². The average Bonchev–Trinajstić information content (AvgIpc) is 3.09. The molecule has 0 aliphatic carbocycles. The van der Waals surface area contributed by atoms with Crippen molar-refractivity contribution in [3.63, 3.8) is 0 Å². The molecule has 0 radical (unpaired) electrons. The lowest BCUT2D eigenvalue weighted by molar-refractivity contribution is 0.0690. The van der Waals surface area contributed by atoms with E-state index < -0.39 is 5.97 Å². The molecule has 96 valence electrons. The second-order valence-electron chi connectivity index (χ2n) is 3.60. The topological polar surface area (TPSA) is 120 Å². The van der Waals surface area contributed by atoms with Gasteiger partial charge in [-0.2, -0.15) is 4.98 Å². The summed E-state index contributed by atoms with van der Waals surface area (Å²) in [6, 6.07) is 3.41. The first-order valence-corrected chi connectivity index (χ1v) is 5.22. The molecule has 1 N–H and O–H groups in total. The highest BCUT2D eigenvalue weighted by Gasteiger charge is 2.13. The van der Waals surface area contributed by atoms with E-state index in [0.717, 1.165) is 0 Å². The molecule has 3 heterocycles. The van der Waals surface area contributed by atoms with E-state index in [1.807, 2.05) is 0 Å². The largest absolute Gasteiger partial charge is 0.476 e. The lowest BCUT2D eigenvalue weighted by Crippen LogP contribution is -2.00. The third-order valence-corrected chi connectivity index (χ3v) is 2.26. The molecule has 19 heavy (non-hydrogen) atoms. The Morgan fingerprint density at radius 1 is 1.47 bits per heavy atom. The smallest absolute Gasteiger partial charge is 0.358 e. The van der Waals surface area contributed by atoms with Crippen LogP contribution in [0.1, 0.15) is 16.4 Å². The zero-order valence-electron chi connectivity index (χ0n) is 9.42. The predicted octanol–water partition coefficient (Wildman–Crippen LogP) is 0.668. The number of aromatic carboxylic acids is 1. The number of hydrogen-bond donors (Lipinski definition) is 1. The molecule has 3 rings (SSSR count). The molecule has 3 aromatic rings. The maximum Gasteiger partial charge on any atom is 0.358 e. The van der Waals surface area contributed by atoms with Gasteiger partial charge in [-0.3, -0.25) is 0 Å². The SMILES string of the molecule is O=C(O)c1cn(Cc2nc(-c3ccco3)no2)nn1. The van der Waals surface area contributed by atoms with Gasteiger partial charge >= 0.3 is 5.97 Å². The average molecular weight is 261 g/mol. The number of carboxylic acid groups (broad SMARTS) is 1. The molecule has 0 spiro atoms. The van der Waals surface area contributed by atoms with Crippen molar-refractivity contribution in [2.75, 3.05) is 0 Å². The molecule has 0 saturated carbocycles. The molecule has 3 aromatic heterocycles. The van der Waals surface area contributed by atoms with E-state index in [9.17, 15) is 4.79 Å². The van der Waals surface area contributed by atoms with Crippen LogP contribution in [0.2, 0.25) is 0 Å². The molecule has 0 amide bonds. The number of furan rings is 1. The summed E-state index contributed by atoms with van der Waals surface area (Å²) < 4.78 is 11.4. The van der Waals surface area contributed by atoms with Crippen molar-refractivity contribution in [2.45, 2.75) is 6.54 Å². The summed E-state index contributed by atoms with van der Waals surface area (Å²) in [6.07, 6.45) is 2.78. The molecule has 0 aromatic carbocycles. The summed E-state index contributed by atoms with van der Waals surface area (Å²) in [6.45, 7) is 0.133. The Labute approximate surface area is 105 Å². The lowest BCUT2D eigenvalue weighted by atomic mass is 10.4. The number of nitrogens with zero attached hydrogens (tertiary/aromatic N) is 5. The number of carboxylic acids is 1. The Kier molecular flexibility index (Phi) is 2.56. The second kappa shape index (κ2) is 4.37. The van der Waals surface area contributed by atoms with Crippen molar-refractivity contribution < 1.29 is 18.8 Å². The van der Waals surface area contributed by atoms with Gasteiger partial charge in [0.05, 0.1) is 12.5 Å². The third-order valence-electron chi connectivity index (χ3n) is 2.26. The molecule has 0 atom stereocenters. The van der Waals surface area contributed by atoms with Crippen LogP contribution in [0, 0.1) is 0 Å². The van der Waals surface area contributed by atoms with E-state index in [-0.39, 0.29) is 18.1 Å². The minimum atomic E-state index is -1.15. The zero-order valence-corrected chi connectivity index (χ0v) is 9.42. The van der Waals surface area contributed by atoms with Crippen molar-refractivity contribution in [1.82, 2.24) is 25.1 Å². The normalized spacial score (nSPS) is 10.7. The fourth-order valence-corrected chi connectivity index (χ4v) is 1.44. The number of hydrogen-bond acceptors (Lipinski definition) is 7. The highest BCUT2D eigenvalue weighted by molar-refractivity contribution is 5.84. The molecule has 9 nitrogen and oxygen atoms in total. The van der Waals surface area contributed by atoms with Crippen LogP contribution in [0.4, 0.5) is 0 Å². The Morgan fingerprint density at radius 2 is 2.37 bits per heavy atom. The van der Waals surface area contributed by atoms with Gasteiger partial charge in [-0.05, 0) is 12.1 Å². The van der Waals surface area contributed by atoms with Crippen molar-refractivity contribution in [1.29, 1.82) is 0 Å². The lowest BCUT2D eigenvalue weighted by Gasteiger charge is -1.91. The van der Waals surface area contributed by atoms with Gasteiger partial charge in [0.15, 0.2) is 11.5 Å². The van der Waals surface area contributed by atoms with Crippen molar-refractivity contribution >= 4 is 5.97 Å². The van der Waals surface area contributed by atoms with Gasteiger partial charge in [0.2, 0.25) is 11.7 Å². The molecule has 0 aliphatic heterocycles. The first kappa shape index (κ1) is 11.1. The first-order valence-electron chi connectivity index (χ1n) is 5.22. The van der Waals surface area contributed by atoms with Crippen LogP contribution in [0.15, 0.2) is 33.5 Å². The fourth-order valence-electron chi connectivity index (χ4n) is 1.44. The van der Waals surface area contributed by atoms with Crippen LogP contribution in [0.5, 0.6) is 0 Å². The van der Waals surface area contributed by atoms with Crippen molar-refractivity contribution in [3.8, 4) is 11.6 Å². The van der Waals surface area contributed by atoms with Gasteiger partial charge in [-0.1, -0.05) is 10.4 Å². The summed E-state index contributed by atoms with van der Waals surface area (Å²) in [5.41, 5.74) is -0.147. The van der Waals surface area contributed by atoms with E-state index in [1.54, 1.807) is 12.1 Å². The van der Waals surface area contributed by atoms with Crippen LogP contribution >= 0.6 is 0 Å². The van der Waals surface area contributed by atoms with E-state index in [0.29, 0.717) is 11.6 Å². The van der Waals surface area contributed by atoms with E-state index in [1.165, 1.54) is 17.1 Å². The summed E-state index contributed by atoms with van der Waals surface area (Å²) in [7, 11) is 0. The van der Waals surface area contributed by atoms with Gasteiger partial charge in [0, 0.05) is 0 Å². The second-order valence-corrected chi connectivity index (χ2v) is 3.60. The number of carbonyl (C=O) groups is 1. The van der Waals surface area contributed by atoms with Gasteiger partial charge < -0.3 is 14.0 Å². The van der Waals surface area contributed by atoms with Gasteiger partial charge in [-0.25, -0.2) is 9.48 Å². The molecule has 9 heteroatoms. The molecule has 0 bridgehead atoms. The quantitative estimate of drug-likeness (QED) is 0.727. The number of aromatic nitrogens is 5. The first-order chi connectivity index (χ1) is 9.22. The highest BCUT2D eigenvalue weighted by atomic mass is 16.5. The highest BCUT2D eigenvalue weighted by Crippen LogP contribution is 2.15. The summed E-state index contributed by atoms with van der Waals surface area (Å²) in [4.78, 5) is 14.7. The molecule has 0 unspecified atom stereocenters. The van der Waals surface area contributed by atoms with E-state index in [4.69, 9.17) is 14.0 Å². The summed E-state index contributed by atoms with van der Waals surface area (Å²) >= 11 is 0. The fraction of sp³-hybridized carbons (Fsp3) is 0.100. The van der Waals surface area contributed by atoms with Crippen LogP contribution in [-0.2, 0) is 6.54 Å². The molecular weight excluding hydrogens is 254 g/mol. The Balaban J connectivity index is 1.78. The van der Waals surface area contributed by atoms with Crippen molar-refractivity contribution in [2.24, 2.45) is 0 Å². The standard InChI is InChI=1S/C10H7N5O4/c16-10(17)6-4-15(14-12-6)5-8-11-9(13-19-8)7-2-1-3-18-7/h1-4H,5H2,(H,16,17). The van der Waals surface area contributed by atoms with Gasteiger partial charge in [-0.15, -0.1) is 5.10 Å². The van der Waals surface area contributed by atoms with Crippen molar-refractivity contribution in [3.05, 3.63) is 36.2 Å². The zero-order chi connectivity index (χ0) is 13.2. The number of rotatable bonds is 4. The molecule has 0 fully saturated rings. The summed E-state index contributed by atoms with van der Waals surface area (Å²) in [5.74, 6) is -0.0697. The van der Waals surface area contributed by atoms with Crippen LogP contribution < -0.4 is 0 Å². The molecule has 0 aliphatic rings. The Hall–Kier alpha value is -2.97.